The first kappa shape index (κ1) is 10.2. The number of fused-ring (bicyclic) bond motifs is 1. The Morgan fingerprint density at radius 2 is 2.27 bits per heavy atom. The average Bonchev–Trinajstić information content (AvgIpc) is 2.19. The number of methoxy groups -OCH3 is 2. The number of esters is 1. The van der Waals surface area contributed by atoms with Crippen LogP contribution in [0.15, 0.2) is 11.8 Å². The van der Waals surface area contributed by atoms with Gasteiger partial charge in [0.15, 0.2) is 5.78 Å². The van der Waals surface area contributed by atoms with Crippen LogP contribution >= 0.6 is 0 Å². The van der Waals surface area contributed by atoms with Gasteiger partial charge in [-0.3, -0.25) is 9.59 Å². The van der Waals surface area contributed by atoms with E-state index in [-0.39, 0.29) is 17.7 Å². The van der Waals surface area contributed by atoms with Crippen molar-refractivity contribution in [3.05, 3.63) is 11.8 Å². The second kappa shape index (κ2) is 3.36. The van der Waals surface area contributed by atoms with E-state index in [1.54, 1.807) is 0 Å². The lowest BCUT2D eigenvalue weighted by atomic mass is 9.54. The number of allylic oxidation sites excluding steroid dienone is 2. The number of hydrogen-bond donors (Lipinski definition) is 0. The van der Waals surface area contributed by atoms with E-state index < -0.39 is 5.41 Å². The van der Waals surface area contributed by atoms with Gasteiger partial charge in [0.05, 0.1) is 19.6 Å². The van der Waals surface area contributed by atoms with E-state index >= 15 is 0 Å². The normalized spacial score (nSPS) is 33.6. The molecule has 2 atom stereocenters. The zero-order valence-electron chi connectivity index (χ0n) is 8.91. The van der Waals surface area contributed by atoms with Gasteiger partial charge in [0.2, 0.25) is 0 Å². The summed E-state index contributed by atoms with van der Waals surface area (Å²) in [6.45, 7) is 0. The molecule has 1 saturated carbocycles. The van der Waals surface area contributed by atoms with Crippen molar-refractivity contribution >= 4 is 11.8 Å². The van der Waals surface area contributed by atoms with Crippen molar-refractivity contribution in [2.75, 3.05) is 14.2 Å². The minimum Gasteiger partial charge on any atom is -0.501 e. The van der Waals surface area contributed by atoms with E-state index in [0.717, 1.165) is 12.8 Å². The summed E-state index contributed by atoms with van der Waals surface area (Å²) in [4.78, 5) is 23.4. The molecule has 1 fully saturated rings. The predicted molar refractivity (Wildman–Crippen MR) is 51.9 cm³/mol. The van der Waals surface area contributed by atoms with Gasteiger partial charge in [-0.1, -0.05) is 0 Å². The summed E-state index contributed by atoms with van der Waals surface area (Å²) in [5.41, 5.74) is -0.633. The van der Waals surface area contributed by atoms with Crippen LogP contribution in [0.3, 0.4) is 0 Å². The van der Waals surface area contributed by atoms with E-state index in [0.29, 0.717) is 12.2 Å². The highest BCUT2D eigenvalue weighted by Crippen LogP contribution is 2.54. The number of hydrogen-bond acceptors (Lipinski definition) is 4. The Balaban J connectivity index is 2.31. The molecule has 0 bridgehead atoms. The zero-order chi connectivity index (χ0) is 11.1. The molecule has 0 radical (unpaired) electrons. The van der Waals surface area contributed by atoms with Crippen LogP contribution in [-0.4, -0.2) is 26.0 Å². The summed E-state index contributed by atoms with van der Waals surface area (Å²) in [5.74, 6) is 0.106. The van der Waals surface area contributed by atoms with Crippen LogP contribution in [0, 0.1) is 11.3 Å². The lowest BCUT2D eigenvalue weighted by Crippen LogP contribution is -2.52. The molecule has 0 aromatic heterocycles. The Hall–Kier alpha value is -1.32. The number of ether oxygens (including phenoxy) is 2. The summed E-state index contributed by atoms with van der Waals surface area (Å²) in [7, 11) is 2.88. The molecule has 2 aliphatic rings. The Kier molecular flexibility index (Phi) is 2.29. The van der Waals surface area contributed by atoms with Crippen molar-refractivity contribution in [1.82, 2.24) is 0 Å². The van der Waals surface area contributed by atoms with Crippen molar-refractivity contribution in [1.29, 1.82) is 0 Å². The fourth-order valence-electron chi connectivity index (χ4n) is 2.54. The van der Waals surface area contributed by atoms with Crippen molar-refractivity contribution in [3.8, 4) is 0 Å². The highest BCUT2D eigenvalue weighted by atomic mass is 16.5. The molecular formula is C11H14O4. The monoisotopic (exact) mass is 210 g/mol. The van der Waals surface area contributed by atoms with Crippen LogP contribution in [0.4, 0.5) is 0 Å². The lowest BCUT2D eigenvalue weighted by molar-refractivity contribution is -0.170. The smallest absolute Gasteiger partial charge is 0.313 e. The summed E-state index contributed by atoms with van der Waals surface area (Å²) in [6.07, 6.45) is 3.50. The molecule has 2 aliphatic carbocycles. The fourth-order valence-corrected chi connectivity index (χ4v) is 2.54. The number of carbonyl (C=O) groups excluding carboxylic acids is 2. The Morgan fingerprint density at radius 1 is 1.53 bits per heavy atom. The maximum atomic E-state index is 11.7. The molecule has 0 aliphatic heterocycles. The van der Waals surface area contributed by atoms with E-state index in [1.807, 2.05) is 0 Å². The molecule has 0 amide bonds. The number of carbonyl (C=O) groups is 2. The van der Waals surface area contributed by atoms with Crippen LogP contribution < -0.4 is 0 Å². The Morgan fingerprint density at radius 3 is 2.73 bits per heavy atom. The molecule has 0 saturated heterocycles. The molecule has 0 spiro atoms. The van der Waals surface area contributed by atoms with Crippen molar-refractivity contribution in [2.45, 2.75) is 19.3 Å². The Labute approximate surface area is 88.2 Å². The molecule has 15 heavy (non-hydrogen) atoms. The van der Waals surface area contributed by atoms with E-state index in [9.17, 15) is 9.59 Å². The molecule has 0 aromatic carbocycles. The molecule has 2 unspecified atom stereocenters. The van der Waals surface area contributed by atoms with Crippen molar-refractivity contribution in [2.24, 2.45) is 11.3 Å². The van der Waals surface area contributed by atoms with Gasteiger partial charge in [0.25, 0.3) is 0 Å². The van der Waals surface area contributed by atoms with Gasteiger partial charge in [-0.05, 0) is 12.8 Å². The zero-order valence-corrected chi connectivity index (χ0v) is 8.91. The van der Waals surface area contributed by atoms with Gasteiger partial charge in [0, 0.05) is 18.4 Å². The minimum absolute atomic E-state index is 0.00486. The van der Waals surface area contributed by atoms with Gasteiger partial charge < -0.3 is 9.47 Å². The number of ketones is 1. The van der Waals surface area contributed by atoms with E-state index in [4.69, 9.17) is 9.47 Å². The summed E-state index contributed by atoms with van der Waals surface area (Å²) >= 11 is 0. The van der Waals surface area contributed by atoms with Crippen LogP contribution in [0.25, 0.3) is 0 Å². The third-order valence-corrected chi connectivity index (χ3v) is 3.54. The molecule has 4 nitrogen and oxygen atoms in total. The molecule has 2 rings (SSSR count). The van der Waals surface area contributed by atoms with Gasteiger partial charge in [-0.15, -0.1) is 0 Å². The van der Waals surface area contributed by atoms with Crippen molar-refractivity contribution < 1.29 is 19.1 Å². The van der Waals surface area contributed by atoms with Gasteiger partial charge in [-0.25, -0.2) is 0 Å². The van der Waals surface area contributed by atoms with Crippen LogP contribution in [-0.2, 0) is 19.1 Å². The van der Waals surface area contributed by atoms with Gasteiger partial charge >= 0.3 is 5.97 Å². The first-order chi connectivity index (χ1) is 7.14. The van der Waals surface area contributed by atoms with Crippen LogP contribution in [0.2, 0.25) is 0 Å². The van der Waals surface area contributed by atoms with E-state index in [2.05, 4.69) is 0 Å². The average molecular weight is 210 g/mol. The molecule has 82 valence electrons. The second-order valence-corrected chi connectivity index (χ2v) is 4.13. The summed E-state index contributed by atoms with van der Waals surface area (Å²) in [5, 5.41) is 0. The highest BCUT2D eigenvalue weighted by molar-refractivity contribution is 5.99. The SMILES string of the molecule is COC(=O)C12CCC1C(=O)C=C(OC)C2. The largest absolute Gasteiger partial charge is 0.501 e. The minimum atomic E-state index is -0.633. The molecular weight excluding hydrogens is 196 g/mol. The Bertz CT molecular complexity index is 344. The molecule has 0 heterocycles. The topological polar surface area (TPSA) is 52.6 Å². The first-order valence-electron chi connectivity index (χ1n) is 5.01. The van der Waals surface area contributed by atoms with Gasteiger partial charge in [-0.2, -0.15) is 0 Å². The maximum absolute atomic E-state index is 11.7. The third-order valence-electron chi connectivity index (χ3n) is 3.54. The fraction of sp³-hybridized carbons (Fsp3) is 0.636. The standard InChI is InChI=1S/C11H14O4/c1-14-7-5-9(12)8-3-4-11(8,6-7)10(13)15-2/h5,8H,3-4,6H2,1-2H3. The summed E-state index contributed by atoms with van der Waals surface area (Å²) < 4.78 is 9.85. The van der Waals surface area contributed by atoms with Crippen LogP contribution in [0.1, 0.15) is 19.3 Å². The van der Waals surface area contributed by atoms with Crippen LogP contribution in [0.5, 0.6) is 0 Å². The second-order valence-electron chi connectivity index (χ2n) is 4.13. The quantitative estimate of drug-likeness (QED) is 0.639. The predicted octanol–water partition coefficient (Wildman–Crippen LogP) is 1.06. The molecule has 0 aromatic rings. The third kappa shape index (κ3) is 1.28. The lowest BCUT2D eigenvalue weighted by Gasteiger charge is -2.47. The molecule has 4 heteroatoms. The molecule has 0 N–H and O–H groups in total. The maximum Gasteiger partial charge on any atom is 0.313 e. The van der Waals surface area contributed by atoms with Gasteiger partial charge in [0.1, 0.15) is 5.76 Å². The highest BCUT2D eigenvalue weighted by Gasteiger charge is 2.58. The first-order valence-corrected chi connectivity index (χ1v) is 5.01. The summed E-state index contributed by atoms with van der Waals surface area (Å²) in [6, 6.07) is 0. The van der Waals surface area contributed by atoms with E-state index in [1.165, 1.54) is 20.3 Å². The number of rotatable bonds is 2. The van der Waals surface area contributed by atoms with Crippen molar-refractivity contribution in [3.63, 3.8) is 0 Å².